The summed E-state index contributed by atoms with van der Waals surface area (Å²) in [5, 5.41) is 7.33. The number of rotatable bonds is 4. The second-order valence-electron chi connectivity index (χ2n) is 8.16. The molecule has 1 aliphatic rings. The highest BCUT2D eigenvalue weighted by Crippen LogP contribution is 2.30. The molecule has 1 atom stereocenters. The molecule has 170 valence electrons. The number of amides is 1. The van der Waals surface area contributed by atoms with Crippen LogP contribution in [0.15, 0.2) is 87.9 Å². The first-order valence-electron chi connectivity index (χ1n) is 10.9. The van der Waals surface area contributed by atoms with E-state index in [4.69, 9.17) is 0 Å². The molecule has 1 unspecified atom stereocenters. The Morgan fingerprint density at radius 1 is 1.06 bits per heavy atom. The summed E-state index contributed by atoms with van der Waals surface area (Å²) in [6.07, 6.45) is 3.73. The Hall–Kier alpha value is -4.04. The van der Waals surface area contributed by atoms with E-state index >= 15 is 0 Å². The van der Waals surface area contributed by atoms with Gasteiger partial charge in [0.1, 0.15) is 0 Å². The number of carbonyl (C=O) groups excluding carboxylic acids is 1. The predicted octanol–water partition coefficient (Wildman–Crippen LogP) is 2.92. The molecule has 1 N–H and O–H groups in total. The number of thiazole rings is 1. The first-order valence-corrected chi connectivity index (χ1v) is 11.7. The number of nitrogens with one attached hydrogen (secondary N) is 1. The molecule has 0 aliphatic carbocycles. The van der Waals surface area contributed by atoms with E-state index in [0.717, 1.165) is 16.8 Å². The number of hydrogen-bond donors (Lipinski definition) is 1. The molecule has 34 heavy (non-hydrogen) atoms. The summed E-state index contributed by atoms with van der Waals surface area (Å²) in [7, 11) is 1.85. The highest BCUT2D eigenvalue weighted by Gasteiger charge is 2.32. The van der Waals surface area contributed by atoms with Crippen molar-refractivity contribution in [2.75, 3.05) is 5.32 Å². The maximum atomic E-state index is 13.7. The number of hydrogen-bond acceptors (Lipinski definition) is 5. The number of para-hydroxylation sites is 1. The van der Waals surface area contributed by atoms with E-state index in [1.165, 1.54) is 11.3 Å². The van der Waals surface area contributed by atoms with Crippen molar-refractivity contribution < 1.29 is 4.79 Å². The van der Waals surface area contributed by atoms with Gasteiger partial charge in [-0.05, 0) is 37.6 Å². The van der Waals surface area contributed by atoms with Crippen LogP contribution in [0, 0.1) is 6.92 Å². The van der Waals surface area contributed by atoms with Crippen LogP contribution >= 0.6 is 11.3 Å². The SMILES string of the molecule is CC1=C(C(=O)Nc2ccccc2)C(c2ccccc2)n2c(s/c(=C/c3cn(C)nc3C)c2=O)=N1. The van der Waals surface area contributed by atoms with Gasteiger partial charge in [-0.25, -0.2) is 4.99 Å². The molecule has 5 rings (SSSR count). The van der Waals surface area contributed by atoms with Crippen LogP contribution in [0.4, 0.5) is 5.69 Å². The molecule has 0 saturated heterocycles. The number of anilines is 1. The monoisotopic (exact) mass is 469 g/mol. The Morgan fingerprint density at radius 2 is 1.74 bits per heavy atom. The van der Waals surface area contributed by atoms with Crippen LogP contribution in [0.5, 0.6) is 0 Å². The van der Waals surface area contributed by atoms with Crippen molar-refractivity contribution in [2.24, 2.45) is 12.0 Å². The van der Waals surface area contributed by atoms with Crippen LogP contribution in [-0.2, 0) is 11.8 Å². The van der Waals surface area contributed by atoms with Crippen molar-refractivity contribution in [1.82, 2.24) is 14.3 Å². The van der Waals surface area contributed by atoms with Crippen molar-refractivity contribution in [3.05, 3.63) is 115 Å². The van der Waals surface area contributed by atoms with Crippen LogP contribution in [-0.4, -0.2) is 20.3 Å². The van der Waals surface area contributed by atoms with Crippen molar-refractivity contribution >= 4 is 29.0 Å². The summed E-state index contributed by atoms with van der Waals surface area (Å²) in [5.41, 5.74) is 4.11. The van der Waals surface area contributed by atoms with Crippen molar-refractivity contribution in [1.29, 1.82) is 0 Å². The fourth-order valence-electron chi connectivity index (χ4n) is 4.18. The van der Waals surface area contributed by atoms with E-state index in [2.05, 4.69) is 15.4 Å². The maximum absolute atomic E-state index is 13.7. The topological polar surface area (TPSA) is 81.3 Å². The lowest BCUT2D eigenvalue weighted by Crippen LogP contribution is -2.40. The Morgan fingerprint density at radius 3 is 2.38 bits per heavy atom. The first-order chi connectivity index (χ1) is 16.4. The molecule has 1 aliphatic heterocycles. The van der Waals surface area contributed by atoms with Gasteiger partial charge in [-0.2, -0.15) is 5.10 Å². The van der Waals surface area contributed by atoms with Crippen LogP contribution in [0.2, 0.25) is 0 Å². The first kappa shape index (κ1) is 21.8. The third kappa shape index (κ3) is 3.92. The highest BCUT2D eigenvalue weighted by molar-refractivity contribution is 7.07. The molecule has 0 bridgehead atoms. The smallest absolute Gasteiger partial charge is 0.271 e. The molecule has 2 aromatic carbocycles. The Kier molecular flexibility index (Phi) is 5.59. The summed E-state index contributed by atoms with van der Waals surface area (Å²) in [5.74, 6) is -0.279. The van der Waals surface area contributed by atoms with E-state index in [-0.39, 0.29) is 11.5 Å². The van der Waals surface area contributed by atoms with Crippen LogP contribution < -0.4 is 20.2 Å². The molecule has 1 amide bonds. The van der Waals surface area contributed by atoms with Crippen LogP contribution in [0.1, 0.15) is 29.8 Å². The fourth-order valence-corrected chi connectivity index (χ4v) is 5.22. The Bertz CT molecular complexity index is 1590. The third-order valence-corrected chi connectivity index (χ3v) is 6.73. The maximum Gasteiger partial charge on any atom is 0.271 e. The average Bonchev–Trinajstić information content (AvgIpc) is 3.31. The quantitative estimate of drug-likeness (QED) is 0.499. The van der Waals surface area contributed by atoms with Gasteiger partial charge in [-0.1, -0.05) is 59.9 Å². The zero-order valence-corrected chi connectivity index (χ0v) is 19.8. The molecule has 0 saturated carbocycles. The van der Waals surface area contributed by atoms with Gasteiger partial charge in [0.2, 0.25) is 0 Å². The molecule has 7 nitrogen and oxygen atoms in total. The van der Waals surface area contributed by atoms with Gasteiger partial charge in [0.05, 0.1) is 27.5 Å². The van der Waals surface area contributed by atoms with Crippen molar-refractivity contribution in [2.45, 2.75) is 19.9 Å². The summed E-state index contributed by atoms with van der Waals surface area (Å²) in [6.45, 7) is 3.73. The number of aromatic nitrogens is 3. The van der Waals surface area contributed by atoms with E-state index in [0.29, 0.717) is 26.3 Å². The minimum Gasteiger partial charge on any atom is -0.322 e. The molecule has 2 aromatic heterocycles. The molecule has 8 heteroatoms. The molecule has 0 fully saturated rings. The summed E-state index contributed by atoms with van der Waals surface area (Å²) < 4.78 is 3.90. The van der Waals surface area contributed by atoms with Gasteiger partial charge in [0.25, 0.3) is 11.5 Å². The normalized spacial score (nSPS) is 15.7. The Balaban J connectivity index is 1.68. The molecular formula is C26H23N5O2S. The number of nitrogens with zero attached hydrogens (tertiary/aromatic N) is 4. The summed E-state index contributed by atoms with van der Waals surface area (Å²) >= 11 is 1.32. The molecule has 4 aromatic rings. The fraction of sp³-hybridized carbons (Fsp3) is 0.154. The van der Waals surface area contributed by atoms with Crippen molar-refractivity contribution in [3.8, 4) is 0 Å². The van der Waals surface area contributed by atoms with E-state index < -0.39 is 6.04 Å². The van der Waals surface area contributed by atoms with E-state index in [9.17, 15) is 9.59 Å². The van der Waals surface area contributed by atoms with Crippen molar-refractivity contribution in [3.63, 3.8) is 0 Å². The second-order valence-corrected chi connectivity index (χ2v) is 9.17. The lowest BCUT2D eigenvalue weighted by molar-refractivity contribution is -0.113. The molecular weight excluding hydrogens is 446 g/mol. The number of allylic oxidation sites excluding steroid dienone is 1. The summed E-state index contributed by atoms with van der Waals surface area (Å²) in [6, 6.07) is 18.3. The zero-order chi connectivity index (χ0) is 23.8. The highest BCUT2D eigenvalue weighted by atomic mass is 32.1. The number of benzene rings is 2. The molecule has 3 heterocycles. The molecule has 0 radical (unpaired) electrons. The van der Waals surface area contributed by atoms with E-state index in [1.54, 1.807) is 9.25 Å². The van der Waals surface area contributed by atoms with Gasteiger partial charge >= 0.3 is 0 Å². The lowest BCUT2D eigenvalue weighted by atomic mass is 9.95. The predicted molar refractivity (Wildman–Crippen MR) is 133 cm³/mol. The largest absolute Gasteiger partial charge is 0.322 e. The second kappa shape index (κ2) is 8.72. The van der Waals surface area contributed by atoms with Gasteiger partial charge in [0, 0.05) is 24.5 Å². The zero-order valence-electron chi connectivity index (χ0n) is 19.0. The van der Waals surface area contributed by atoms with Crippen LogP contribution in [0.25, 0.3) is 6.08 Å². The number of carbonyl (C=O) groups is 1. The standard InChI is InChI=1S/C26H23N5O2S/c1-16-19(15-30(3)29-16)14-21-25(33)31-23(18-10-6-4-7-11-18)22(17(2)27-26(31)34-21)24(32)28-20-12-8-5-9-13-20/h4-15,23H,1-3H3,(H,28,32)/b21-14+. The molecule has 0 spiro atoms. The number of fused-ring (bicyclic) bond motifs is 1. The minimum absolute atomic E-state index is 0.182. The minimum atomic E-state index is -0.585. The average molecular weight is 470 g/mol. The van der Waals surface area contributed by atoms with E-state index in [1.807, 2.05) is 93.8 Å². The van der Waals surface area contributed by atoms with Gasteiger partial charge in [-0.15, -0.1) is 0 Å². The van der Waals surface area contributed by atoms with Gasteiger partial charge in [-0.3, -0.25) is 18.8 Å². The van der Waals surface area contributed by atoms with Crippen LogP contribution in [0.3, 0.4) is 0 Å². The third-order valence-electron chi connectivity index (χ3n) is 5.75. The summed E-state index contributed by atoms with van der Waals surface area (Å²) in [4.78, 5) is 32.4. The lowest BCUT2D eigenvalue weighted by Gasteiger charge is -2.25. The number of aryl methyl sites for hydroxylation is 2. The Labute approximate surface area is 200 Å². The van der Waals surface area contributed by atoms with Gasteiger partial charge < -0.3 is 5.32 Å². The van der Waals surface area contributed by atoms with Gasteiger partial charge in [0.15, 0.2) is 4.80 Å².